The first-order valence-corrected chi connectivity index (χ1v) is 5.07. The second-order valence-electron chi connectivity index (χ2n) is 4.25. The standard InChI is InChI=1S/C12H17N.ClH/c1-12(8-5-9-13-12)10-11-6-3-2-4-7-11;/h2-4,6-7,13H,5,8-10H2,1H3;1H. The smallest absolute Gasteiger partial charge is 0.0194 e. The van der Waals surface area contributed by atoms with E-state index in [1.807, 2.05) is 0 Å². The zero-order chi connectivity index (χ0) is 9.15. The first-order chi connectivity index (χ1) is 6.29. The van der Waals surface area contributed by atoms with Crippen molar-refractivity contribution in [3.63, 3.8) is 0 Å². The van der Waals surface area contributed by atoms with Crippen LogP contribution in [0.25, 0.3) is 0 Å². The summed E-state index contributed by atoms with van der Waals surface area (Å²) >= 11 is 0. The molecule has 1 aromatic rings. The largest absolute Gasteiger partial charge is 0.311 e. The van der Waals surface area contributed by atoms with Crippen LogP contribution in [0.2, 0.25) is 0 Å². The van der Waals surface area contributed by atoms with Crippen molar-refractivity contribution in [3.05, 3.63) is 35.9 Å². The van der Waals surface area contributed by atoms with Gasteiger partial charge in [0.1, 0.15) is 0 Å². The Morgan fingerprint density at radius 3 is 2.57 bits per heavy atom. The van der Waals surface area contributed by atoms with Gasteiger partial charge in [0.25, 0.3) is 0 Å². The van der Waals surface area contributed by atoms with Crippen molar-refractivity contribution >= 4 is 12.4 Å². The minimum Gasteiger partial charge on any atom is -0.311 e. The Bertz CT molecular complexity index is 265. The van der Waals surface area contributed by atoms with E-state index in [1.54, 1.807) is 0 Å². The summed E-state index contributed by atoms with van der Waals surface area (Å²) in [6, 6.07) is 10.7. The lowest BCUT2D eigenvalue weighted by Gasteiger charge is -2.24. The molecular weight excluding hydrogens is 194 g/mol. The van der Waals surface area contributed by atoms with Gasteiger partial charge in [0.2, 0.25) is 0 Å². The number of nitrogens with one attached hydrogen (secondary N) is 1. The fourth-order valence-electron chi connectivity index (χ4n) is 2.15. The first kappa shape index (κ1) is 11.5. The molecule has 1 saturated heterocycles. The summed E-state index contributed by atoms with van der Waals surface area (Å²) in [5.41, 5.74) is 1.79. The molecule has 1 fully saturated rings. The molecule has 1 aliphatic rings. The van der Waals surface area contributed by atoms with E-state index in [-0.39, 0.29) is 12.4 Å². The van der Waals surface area contributed by atoms with Crippen LogP contribution in [0.4, 0.5) is 0 Å². The quantitative estimate of drug-likeness (QED) is 0.794. The lowest BCUT2D eigenvalue weighted by atomic mass is 9.91. The van der Waals surface area contributed by atoms with E-state index in [0.717, 1.165) is 6.42 Å². The lowest BCUT2D eigenvalue weighted by Crippen LogP contribution is -2.38. The number of hydrogen-bond acceptors (Lipinski definition) is 1. The summed E-state index contributed by atoms with van der Waals surface area (Å²) in [5.74, 6) is 0. The van der Waals surface area contributed by atoms with Crippen LogP contribution in [0.5, 0.6) is 0 Å². The summed E-state index contributed by atoms with van der Waals surface area (Å²) < 4.78 is 0. The van der Waals surface area contributed by atoms with Crippen molar-refractivity contribution in [2.75, 3.05) is 6.54 Å². The molecule has 1 aliphatic heterocycles. The number of rotatable bonds is 2. The van der Waals surface area contributed by atoms with Crippen molar-refractivity contribution in [2.24, 2.45) is 0 Å². The third-order valence-corrected chi connectivity index (χ3v) is 2.89. The third kappa shape index (κ3) is 2.73. The normalized spacial score (nSPS) is 25.8. The first-order valence-electron chi connectivity index (χ1n) is 5.07. The summed E-state index contributed by atoms with van der Waals surface area (Å²) in [6.07, 6.45) is 3.79. The minimum atomic E-state index is 0. The highest BCUT2D eigenvalue weighted by atomic mass is 35.5. The molecule has 0 radical (unpaired) electrons. The van der Waals surface area contributed by atoms with Gasteiger partial charge in [0.05, 0.1) is 0 Å². The molecule has 1 nitrogen and oxygen atoms in total. The van der Waals surface area contributed by atoms with Crippen LogP contribution in [0.3, 0.4) is 0 Å². The van der Waals surface area contributed by atoms with Gasteiger partial charge in [-0.05, 0) is 38.3 Å². The van der Waals surface area contributed by atoms with Crippen LogP contribution < -0.4 is 5.32 Å². The Balaban J connectivity index is 0.000000980. The van der Waals surface area contributed by atoms with E-state index in [9.17, 15) is 0 Å². The molecule has 1 aromatic carbocycles. The van der Waals surface area contributed by atoms with Gasteiger partial charge in [-0.15, -0.1) is 12.4 Å². The van der Waals surface area contributed by atoms with Gasteiger partial charge in [0.15, 0.2) is 0 Å². The van der Waals surface area contributed by atoms with Crippen molar-refractivity contribution in [3.8, 4) is 0 Å². The summed E-state index contributed by atoms with van der Waals surface area (Å²) in [6.45, 7) is 3.51. The lowest BCUT2D eigenvalue weighted by molar-refractivity contribution is 0.412. The third-order valence-electron chi connectivity index (χ3n) is 2.89. The van der Waals surface area contributed by atoms with Crippen molar-refractivity contribution in [1.82, 2.24) is 5.32 Å². The fraction of sp³-hybridized carbons (Fsp3) is 0.500. The van der Waals surface area contributed by atoms with Crippen molar-refractivity contribution in [1.29, 1.82) is 0 Å². The maximum atomic E-state index is 3.58. The second-order valence-corrected chi connectivity index (χ2v) is 4.25. The average molecular weight is 212 g/mol. The highest BCUT2D eigenvalue weighted by molar-refractivity contribution is 5.85. The molecule has 78 valence electrons. The highest BCUT2D eigenvalue weighted by Crippen LogP contribution is 2.22. The van der Waals surface area contributed by atoms with E-state index >= 15 is 0 Å². The van der Waals surface area contributed by atoms with Crippen LogP contribution in [0.1, 0.15) is 25.3 Å². The van der Waals surface area contributed by atoms with E-state index in [1.165, 1.54) is 24.9 Å². The molecule has 1 heterocycles. The number of benzene rings is 1. The minimum absolute atomic E-state index is 0. The molecule has 0 saturated carbocycles. The van der Waals surface area contributed by atoms with Gasteiger partial charge in [0, 0.05) is 5.54 Å². The van der Waals surface area contributed by atoms with Crippen LogP contribution in [-0.4, -0.2) is 12.1 Å². The zero-order valence-electron chi connectivity index (χ0n) is 8.62. The van der Waals surface area contributed by atoms with Crippen LogP contribution in [0.15, 0.2) is 30.3 Å². The maximum absolute atomic E-state index is 3.58. The van der Waals surface area contributed by atoms with Crippen molar-refractivity contribution < 1.29 is 0 Å². The van der Waals surface area contributed by atoms with E-state index in [0.29, 0.717) is 5.54 Å². The molecule has 1 unspecified atom stereocenters. The summed E-state index contributed by atoms with van der Waals surface area (Å²) in [5, 5.41) is 3.58. The van der Waals surface area contributed by atoms with Crippen LogP contribution in [-0.2, 0) is 6.42 Å². The molecule has 0 spiro atoms. The Hall–Kier alpha value is -0.530. The Kier molecular flexibility index (Phi) is 3.97. The predicted octanol–water partition coefficient (Wildman–Crippen LogP) is 2.79. The van der Waals surface area contributed by atoms with Gasteiger partial charge >= 0.3 is 0 Å². The van der Waals surface area contributed by atoms with Crippen LogP contribution >= 0.6 is 12.4 Å². The predicted molar refractivity (Wildman–Crippen MR) is 63.0 cm³/mol. The molecule has 14 heavy (non-hydrogen) atoms. The molecule has 0 aliphatic carbocycles. The maximum Gasteiger partial charge on any atom is 0.0194 e. The van der Waals surface area contributed by atoms with E-state index in [4.69, 9.17) is 0 Å². The fourth-order valence-corrected chi connectivity index (χ4v) is 2.15. The van der Waals surface area contributed by atoms with Crippen molar-refractivity contribution in [2.45, 2.75) is 31.7 Å². The van der Waals surface area contributed by atoms with Gasteiger partial charge in [-0.25, -0.2) is 0 Å². The molecule has 1 atom stereocenters. The Labute approximate surface area is 92.3 Å². The Morgan fingerprint density at radius 2 is 2.00 bits per heavy atom. The van der Waals surface area contributed by atoms with Gasteiger partial charge in [-0.2, -0.15) is 0 Å². The molecule has 1 N–H and O–H groups in total. The molecule has 0 amide bonds. The highest BCUT2D eigenvalue weighted by Gasteiger charge is 2.27. The van der Waals surface area contributed by atoms with Crippen LogP contribution in [0, 0.1) is 0 Å². The monoisotopic (exact) mass is 211 g/mol. The molecule has 2 heteroatoms. The SMILES string of the molecule is CC1(Cc2ccccc2)CCCN1.Cl. The van der Waals surface area contributed by atoms with Gasteiger partial charge in [-0.1, -0.05) is 30.3 Å². The number of hydrogen-bond donors (Lipinski definition) is 1. The second kappa shape index (κ2) is 4.81. The van der Waals surface area contributed by atoms with Gasteiger partial charge in [-0.3, -0.25) is 0 Å². The molecular formula is C12H18ClN. The Morgan fingerprint density at radius 1 is 1.29 bits per heavy atom. The topological polar surface area (TPSA) is 12.0 Å². The zero-order valence-corrected chi connectivity index (χ0v) is 9.44. The molecule has 0 bridgehead atoms. The number of halogens is 1. The van der Waals surface area contributed by atoms with E-state index in [2.05, 4.69) is 42.6 Å². The summed E-state index contributed by atoms with van der Waals surface area (Å²) in [4.78, 5) is 0. The van der Waals surface area contributed by atoms with Gasteiger partial charge < -0.3 is 5.32 Å². The molecule has 2 rings (SSSR count). The molecule has 0 aromatic heterocycles. The average Bonchev–Trinajstić information content (AvgIpc) is 2.54. The summed E-state index contributed by atoms with van der Waals surface area (Å²) in [7, 11) is 0. The van der Waals surface area contributed by atoms with E-state index < -0.39 is 0 Å².